The van der Waals surface area contributed by atoms with Gasteiger partial charge in [-0.3, -0.25) is 0 Å². The van der Waals surface area contributed by atoms with Crippen LogP contribution in [0.15, 0.2) is 0 Å². The zero-order valence-electron chi connectivity index (χ0n) is 14.0. The fourth-order valence-electron chi connectivity index (χ4n) is 7.68. The predicted molar refractivity (Wildman–Crippen MR) is 91.4 cm³/mol. The average molecular weight is 385 g/mol. The molecule has 4 aliphatic carbocycles. The third-order valence-electron chi connectivity index (χ3n) is 8.92. The van der Waals surface area contributed by atoms with E-state index in [1.165, 1.54) is 12.8 Å². The fraction of sp³-hybridized carbons (Fsp3) is 1.00. The molecule has 5 rings (SSSR count). The summed E-state index contributed by atoms with van der Waals surface area (Å²) in [6.07, 6.45) is 8.55. The smallest absolute Gasteiger partial charge is 0.0738 e. The molecule has 3 nitrogen and oxygen atoms in total. The Hall–Kier alpha value is 0.360. The molecule has 5 aliphatic rings. The molecular weight excluding hydrogens is 356 g/mol. The Morgan fingerprint density at radius 2 is 1.87 bits per heavy atom. The molecule has 0 aromatic rings. The summed E-state index contributed by atoms with van der Waals surface area (Å²) in [6.45, 7) is 3.22. The van der Waals surface area contributed by atoms with Crippen LogP contribution >= 0.6 is 15.9 Å². The molecule has 5 fully saturated rings. The average Bonchev–Trinajstić information content (AvgIpc) is 2.88. The van der Waals surface area contributed by atoms with Crippen molar-refractivity contribution in [3.05, 3.63) is 0 Å². The number of hydrogen-bond donors (Lipinski definition) is 2. The van der Waals surface area contributed by atoms with E-state index in [2.05, 4.69) is 22.9 Å². The summed E-state index contributed by atoms with van der Waals surface area (Å²) in [5, 5.41) is 20.8. The highest BCUT2D eigenvalue weighted by Gasteiger charge is 2.72. The van der Waals surface area contributed by atoms with Gasteiger partial charge in [0, 0.05) is 5.41 Å². The quantitative estimate of drug-likeness (QED) is 0.630. The van der Waals surface area contributed by atoms with E-state index < -0.39 is 0 Å². The van der Waals surface area contributed by atoms with Gasteiger partial charge in [-0.15, -0.1) is 0 Å². The zero-order chi connectivity index (χ0) is 16.0. The number of hydrogen-bond acceptors (Lipinski definition) is 3. The molecule has 4 saturated carbocycles. The monoisotopic (exact) mass is 384 g/mol. The van der Waals surface area contributed by atoms with Crippen LogP contribution < -0.4 is 0 Å². The van der Waals surface area contributed by atoms with Gasteiger partial charge < -0.3 is 14.9 Å². The van der Waals surface area contributed by atoms with Gasteiger partial charge in [0.25, 0.3) is 0 Å². The van der Waals surface area contributed by atoms with E-state index >= 15 is 0 Å². The number of alkyl halides is 1. The summed E-state index contributed by atoms with van der Waals surface area (Å²) in [6, 6.07) is 0. The summed E-state index contributed by atoms with van der Waals surface area (Å²) in [7, 11) is 0. The van der Waals surface area contributed by atoms with E-state index in [4.69, 9.17) is 4.74 Å². The number of fused-ring (bicyclic) bond motifs is 3. The Labute approximate surface area is 147 Å². The van der Waals surface area contributed by atoms with Crippen LogP contribution in [0.1, 0.15) is 58.3 Å². The van der Waals surface area contributed by atoms with E-state index in [1.807, 2.05) is 0 Å². The van der Waals surface area contributed by atoms with Gasteiger partial charge >= 0.3 is 0 Å². The van der Waals surface area contributed by atoms with Gasteiger partial charge in [-0.25, -0.2) is 0 Å². The van der Waals surface area contributed by atoms with Crippen LogP contribution in [0.5, 0.6) is 0 Å². The molecule has 0 aromatic heterocycles. The van der Waals surface area contributed by atoms with Crippen LogP contribution in [0.2, 0.25) is 0 Å². The highest BCUT2D eigenvalue weighted by atomic mass is 79.9. The van der Waals surface area contributed by atoms with Gasteiger partial charge in [0.2, 0.25) is 0 Å². The van der Waals surface area contributed by atoms with Crippen molar-refractivity contribution in [2.75, 3.05) is 6.61 Å². The first-order valence-corrected chi connectivity index (χ1v) is 10.4. The molecular formula is C19H29BrO3. The molecule has 0 radical (unpaired) electrons. The minimum absolute atomic E-state index is 0.0101. The van der Waals surface area contributed by atoms with Gasteiger partial charge in [0.15, 0.2) is 0 Å². The summed E-state index contributed by atoms with van der Waals surface area (Å²) in [5.41, 5.74) is 0.354. The van der Waals surface area contributed by atoms with Crippen molar-refractivity contribution in [1.29, 1.82) is 0 Å². The maximum Gasteiger partial charge on any atom is 0.0738 e. The SMILES string of the molecule is C[C@]12CC[C@@H]3[C@H](C[C@H]4OC[C@@]35CC[C@H](O)C[C@]45Br)[C@@H]1CC[C@H]2O. The standard InChI is InChI=1S/C19H29BrO3/c1-17-6-5-14-12(13(17)2-3-15(17)22)8-16-19(20)9-11(21)4-7-18(14,19)10-23-16/h11-16,21-22H,2-10H2,1H3/t11-,12+,13-,14+,15+,16+,17-,18-,19-/m0/s1. The predicted octanol–water partition coefficient (Wildman–Crippen LogP) is 3.26. The molecule has 1 heterocycles. The molecule has 0 unspecified atom stereocenters. The van der Waals surface area contributed by atoms with Crippen LogP contribution in [-0.4, -0.2) is 39.5 Å². The van der Waals surface area contributed by atoms with Crippen molar-refractivity contribution in [2.45, 2.75) is 80.9 Å². The van der Waals surface area contributed by atoms with Crippen LogP contribution in [0.4, 0.5) is 0 Å². The summed E-state index contributed by atoms with van der Waals surface area (Å²) < 4.78 is 6.34. The van der Waals surface area contributed by atoms with Gasteiger partial charge in [0.1, 0.15) is 0 Å². The summed E-state index contributed by atoms with van der Waals surface area (Å²) in [4.78, 5) is 0. The van der Waals surface area contributed by atoms with Gasteiger partial charge in [-0.1, -0.05) is 22.9 Å². The third-order valence-corrected chi connectivity index (χ3v) is 10.5. The molecule has 0 amide bonds. The van der Waals surface area contributed by atoms with Crippen molar-refractivity contribution < 1.29 is 14.9 Å². The van der Waals surface area contributed by atoms with E-state index in [1.54, 1.807) is 0 Å². The van der Waals surface area contributed by atoms with Crippen LogP contribution in [0, 0.1) is 28.6 Å². The number of aliphatic hydroxyl groups excluding tert-OH is 2. The van der Waals surface area contributed by atoms with E-state index in [0.717, 1.165) is 45.1 Å². The highest BCUT2D eigenvalue weighted by molar-refractivity contribution is 9.10. The molecule has 23 heavy (non-hydrogen) atoms. The van der Waals surface area contributed by atoms with Crippen molar-refractivity contribution in [1.82, 2.24) is 0 Å². The van der Waals surface area contributed by atoms with Crippen LogP contribution in [0.3, 0.4) is 0 Å². The van der Waals surface area contributed by atoms with Gasteiger partial charge in [-0.2, -0.15) is 0 Å². The first kappa shape index (κ1) is 15.6. The molecule has 2 bridgehead atoms. The number of halogens is 1. The Kier molecular flexibility index (Phi) is 3.22. The lowest BCUT2D eigenvalue weighted by molar-refractivity contribution is -0.112. The third kappa shape index (κ3) is 1.72. The summed E-state index contributed by atoms with van der Waals surface area (Å²) >= 11 is 4.12. The maximum atomic E-state index is 10.6. The van der Waals surface area contributed by atoms with Gasteiger partial charge in [-0.05, 0) is 74.5 Å². The number of rotatable bonds is 0. The largest absolute Gasteiger partial charge is 0.393 e. The van der Waals surface area contributed by atoms with E-state index in [0.29, 0.717) is 17.8 Å². The minimum Gasteiger partial charge on any atom is -0.393 e. The van der Waals surface area contributed by atoms with E-state index in [-0.39, 0.29) is 33.5 Å². The highest BCUT2D eigenvalue weighted by Crippen LogP contribution is 2.72. The fourth-order valence-corrected chi connectivity index (χ4v) is 8.98. The van der Waals surface area contributed by atoms with Crippen LogP contribution in [0.25, 0.3) is 0 Å². The van der Waals surface area contributed by atoms with Crippen molar-refractivity contribution >= 4 is 15.9 Å². The molecule has 4 heteroatoms. The summed E-state index contributed by atoms with van der Waals surface area (Å²) in [5.74, 6) is 2.08. The van der Waals surface area contributed by atoms with Crippen molar-refractivity contribution in [3.63, 3.8) is 0 Å². The molecule has 0 aromatic carbocycles. The Balaban J connectivity index is 1.55. The molecule has 1 aliphatic heterocycles. The molecule has 9 atom stereocenters. The van der Waals surface area contributed by atoms with E-state index in [9.17, 15) is 10.2 Å². The normalized spacial score (nSPS) is 64.2. The number of ether oxygens (including phenoxy) is 1. The Morgan fingerprint density at radius 3 is 2.70 bits per heavy atom. The molecule has 2 N–H and O–H groups in total. The van der Waals surface area contributed by atoms with Crippen molar-refractivity contribution in [2.24, 2.45) is 28.6 Å². The topological polar surface area (TPSA) is 49.7 Å². The lowest BCUT2D eigenvalue weighted by Gasteiger charge is -2.62. The Bertz CT molecular complexity index is 527. The van der Waals surface area contributed by atoms with Crippen LogP contribution in [-0.2, 0) is 4.74 Å². The second-order valence-corrected chi connectivity index (χ2v) is 10.9. The lowest BCUT2D eigenvalue weighted by atomic mass is 9.45. The minimum atomic E-state index is -0.176. The first-order chi connectivity index (χ1) is 10.9. The second-order valence-electron chi connectivity index (χ2n) is 9.47. The lowest BCUT2D eigenvalue weighted by Crippen LogP contribution is -2.63. The van der Waals surface area contributed by atoms with Crippen molar-refractivity contribution in [3.8, 4) is 0 Å². The zero-order valence-corrected chi connectivity index (χ0v) is 15.6. The molecule has 0 spiro atoms. The molecule has 130 valence electrons. The second kappa shape index (κ2) is 4.75. The first-order valence-electron chi connectivity index (χ1n) is 9.57. The molecule has 1 saturated heterocycles. The maximum absolute atomic E-state index is 10.6. The van der Waals surface area contributed by atoms with Gasteiger partial charge in [0.05, 0.1) is 29.2 Å². The number of aliphatic hydroxyl groups is 2. The Morgan fingerprint density at radius 1 is 1.04 bits per heavy atom.